The highest BCUT2D eigenvalue weighted by molar-refractivity contribution is 6.29. The minimum atomic E-state index is -0.438. The molecule has 0 aromatic carbocycles. The van der Waals surface area contributed by atoms with E-state index in [1.165, 1.54) is 0 Å². The summed E-state index contributed by atoms with van der Waals surface area (Å²) in [5, 5.41) is 3.34. The summed E-state index contributed by atoms with van der Waals surface area (Å²) in [5.41, 5.74) is 9.62. The van der Waals surface area contributed by atoms with Crippen LogP contribution >= 0.6 is 23.2 Å². The number of carbonyl (C=O) groups excluding carboxylic acids is 1. The molecule has 0 radical (unpaired) electrons. The van der Waals surface area contributed by atoms with E-state index >= 15 is 0 Å². The van der Waals surface area contributed by atoms with Gasteiger partial charge in [-0.2, -0.15) is 9.97 Å². The van der Waals surface area contributed by atoms with Crippen molar-refractivity contribution in [2.24, 2.45) is 11.1 Å². The van der Waals surface area contributed by atoms with Crippen LogP contribution in [0.1, 0.15) is 32.2 Å². The van der Waals surface area contributed by atoms with E-state index in [0.29, 0.717) is 56.4 Å². The van der Waals surface area contributed by atoms with Gasteiger partial charge in [-0.1, -0.05) is 20.8 Å². The Morgan fingerprint density at radius 3 is 1.68 bits per heavy atom. The number of morpholine rings is 2. The molecule has 234 valence electrons. The van der Waals surface area contributed by atoms with Crippen molar-refractivity contribution in [3.05, 3.63) is 46.2 Å². The third-order valence-electron chi connectivity index (χ3n) is 7.05. The van der Waals surface area contributed by atoms with Crippen LogP contribution in [0.2, 0.25) is 10.6 Å². The number of fused-ring (bicyclic) bond motifs is 2. The molecule has 4 aromatic heterocycles. The third kappa shape index (κ3) is 7.77. The number of nitrogens with zero attached hydrogens (tertiary/aromatic N) is 8. The van der Waals surface area contributed by atoms with Crippen LogP contribution in [0.3, 0.4) is 0 Å². The molecule has 6 heterocycles. The zero-order chi connectivity index (χ0) is 31.3. The second-order valence-corrected chi connectivity index (χ2v) is 12.0. The molecule has 2 fully saturated rings. The molecule has 0 bridgehead atoms. The molecule has 2 saturated heterocycles. The minimum absolute atomic E-state index is 0.0184. The molecule has 13 nitrogen and oxygen atoms in total. The van der Waals surface area contributed by atoms with Crippen LogP contribution in [-0.4, -0.2) is 88.4 Å². The molecule has 2 aliphatic rings. The van der Waals surface area contributed by atoms with Gasteiger partial charge in [-0.3, -0.25) is 4.79 Å². The van der Waals surface area contributed by atoms with Gasteiger partial charge in [0.05, 0.1) is 55.4 Å². The number of nitrogens with two attached hydrogens (primary N) is 1. The van der Waals surface area contributed by atoms with Crippen molar-refractivity contribution >= 4 is 62.8 Å². The number of halogens is 2. The molecule has 0 atom stereocenters. The van der Waals surface area contributed by atoms with Crippen LogP contribution in [0.15, 0.2) is 24.3 Å². The van der Waals surface area contributed by atoms with E-state index in [0.717, 1.165) is 54.4 Å². The maximum absolute atomic E-state index is 12.1. The Labute approximate surface area is 265 Å². The summed E-state index contributed by atoms with van der Waals surface area (Å²) < 4.78 is 10.7. The van der Waals surface area contributed by atoms with E-state index in [1.54, 1.807) is 0 Å². The van der Waals surface area contributed by atoms with Gasteiger partial charge in [0.2, 0.25) is 16.5 Å². The maximum atomic E-state index is 12.1. The van der Waals surface area contributed by atoms with Gasteiger partial charge in [0.25, 0.3) is 0 Å². The first-order valence-corrected chi connectivity index (χ1v) is 15.2. The van der Waals surface area contributed by atoms with E-state index < -0.39 is 5.41 Å². The first kappa shape index (κ1) is 31.9. The van der Waals surface area contributed by atoms with Crippen LogP contribution in [0, 0.1) is 5.41 Å². The molecule has 15 heteroatoms. The molecule has 3 N–H and O–H groups in total. The third-order valence-corrected chi connectivity index (χ3v) is 7.39. The molecular formula is C29H36Cl2N10O3. The number of hydrogen-bond donors (Lipinski definition) is 2. The minimum Gasteiger partial charge on any atom is -0.378 e. The Morgan fingerprint density at radius 1 is 0.773 bits per heavy atom. The highest BCUT2D eigenvalue weighted by atomic mass is 35.5. The smallest absolute Gasteiger partial charge is 0.225 e. The van der Waals surface area contributed by atoms with Crippen LogP contribution in [-0.2, 0) is 27.4 Å². The number of anilines is 2. The molecule has 6 rings (SSSR count). The average Bonchev–Trinajstić information content (AvgIpc) is 3.03. The van der Waals surface area contributed by atoms with Crippen molar-refractivity contribution in [2.45, 2.75) is 33.9 Å². The molecular weight excluding hydrogens is 607 g/mol. The maximum Gasteiger partial charge on any atom is 0.225 e. The first-order valence-electron chi connectivity index (χ1n) is 14.4. The number of pyridine rings is 2. The van der Waals surface area contributed by atoms with Crippen molar-refractivity contribution in [3.63, 3.8) is 0 Å². The summed E-state index contributed by atoms with van der Waals surface area (Å²) in [5.74, 6) is 1.45. The topological polar surface area (TPSA) is 157 Å². The molecule has 44 heavy (non-hydrogen) atoms. The summed E-state index contributed by atoms with van der Waals surface area (Å²) in [4.78, 5) is 42.6. The van der Waals surface area contributed by atoms with E-state index in [2.05, 4.69) is 45.0 Å². The van der Waals surface area contributed by atoms with Crippen molar-refractivity contribution < 1.29 is 14.3 Å². The van der Waals surface area contributed by atoms with Gasteiger partial charge in [-0.05, 0) is 47.5 Å². The standard InChI is InChI=1S/C17H22ClN5O2.C12H14ClN5O/c1-17(2,3)15(24)19-10-11-4-5-12-13(20-11)14(22-16(18)21-12)23-6-8-25-9-7-23;13-12-16-9-2-1-8(7-14)15-10(9)11(17-12)18-3-5-19-6-4-18/h4-5H,6-10H2,1-3H3,(H,19,24);1-2H,3-7,14H2. The summed E-state index contributed by atoms with van der Waals surface area (Å²) in [6.07, 6.45) is 0. The predicted octanol–water partition coefficient (Wildman–Crippen LogP) is 3.15. The molecule has 0 saturated carbocycles. The Bertz CT molecular complexity index is 1620. The van der Waals surface area contributed by atoms with Crippen molar-refractivity contribution in [1.29, 1.82) is 0 Å². The first-order chi connectivity index (χ1) is 21.1. The van der Waals surface area contributed by atoms with Crippen LogP contribution < -0.4 is 20.9 Å². The lowest BCUT2D eigenvalue weighted by Crippen LogP contribution is -2.37. The second-order valence-electron chi connectivity index (χ2n) is 11.3. The number of ether oxygens (including phenoxy) is 2. The fourth-order valence-corrected chi connectivity index (χ4v) is 5.01. The number of aromatic nitrogens is 6. The highest BCUT2D eigenvalue weighted by Crippen LogP contribution is 2.26. The normalized spacial score (nSPS) is 15.7. The van der Waals surface area contributed by atoms with Crippen molar-refractivity contribution in [3.8, 4) is 0 Å². The van der Waals surface area contributed by atoms with Gasteiger partial charge in [-0.15, -0.1) is 0 Å². The molecule has 4 aromatic rings. The van der Waals surface area contributed by atoms with Gasteiger partial charge < -0.3 is 30.3 Å². The molecule has 0 unspecified atom stereocenters. The number of rotatable bonds is 5. The van der Waals surface area contributed by atoms with E-state index in [1.807, 2.05) is 45.0 Å². The Balaban J connectivity index is 0.000000181. The van der Waals surface area contributed by atoms with Crippen LogP contribution in [0.25, 0.3) is 22.1 Å². The van der Waals surface area contributed by atoms with Gasteiger partial charge in [0.1, 0.15) is 11.0 Å². The molecule has 0 spiro atoms. The fourth-order valence-electron chi connectivity index (χ4n) is 4.66. The summed E-state index contributed by atoms with van der Waals surface area (Å²) in [6, 6.07) is 7.44. The van der Waals surface area contributed by atoms with Crippen molar-refractivity contribution in [1.82, 2.24) is 35.2 Å². The lowest BCUT2D eigenvalue weighted by Gasteiger charge is -2.28. The highest BCUT2D eigenvalue weighted by Gasteiger charge is 2.22. The molecule has 2 aliphatic heterocycles. The average molecular weight is 644 g/mol. The monoisotopic (exact) mass is 642 g/mol. The van der Waals surface area contributed by atoms with Crippen LogP contribution in [0.4, 0.5) is 11.6 Å². The lowest BCUT2D eigenvalue weighted by molar-refractivity contribution is -0.128. The van der Waals surface area contributed by atoms with Gasteiger partial charge in [0.15, 0.2) is 11.6 Å². The Hall–Kier alpha value is -3.49. The van der Waals surface area contributed by atoms with Crippen LogP contribution in [0.5, 0.6) is 0 Å². The Morgan fingerprint density at radius 2 is 1.23 bits per heavy atom. The van der Waals surface area contributed by atoms with E-state index in [9.17, 15) is 4.79 Å². The predicted molar refractivity (Wildman–Crippen MR) is 170 cm³/mol. The van der Waals surface area contributed by atoms with Gasteiger partial charge >= 0.3 is 0 Å². The summed E-state index contributed by atoms with van der Waals surface area (Å²) >= 11 is 12.1. The zero-order valence-electron chi connectivity index (χ0n) is 25.0. The summed E-state index contributed by atoms with van der Waals surface area (Å²) in [6.45, 7) is 12.0. The largest absolute Gasteiger partial charge is 0.378 e. The zero-order valence-corrected chi connectivity index (χ0v) is 26.5. The number of nitrogens with one attached hydrogen (secondary N) is 1. The fraction of sp³-hybridized carbons (Fsp3) is 0.483. The van der Waals surface area contributed by atoms with Crippen molar-refractivity contribution in [2.75, 3.05) is 62.4 Å². The molecule has 1 amide bonds. The van der Waals surface area contributed by atoms with E-state index in [4.69, 9.17) is 38.4 Å². The number of amides is 1. The van der Waals surface area contributed by atoms with Gasteiger partial charge in [0, 0.05) is 38.1 Å². The number of carbonyl (C=O) groups is 1. The number of hydrogen-bond acceptors (Lipinski definition) is 12. The SMILES string of the molecule is CC(C)(C)C(=O)NCc1ccc2nc(Cl)nc(N3CCOCC3)c2n1.NCc1ccc2nc(Cl)nc(N3CCOCC3)c2n1. The van der Waals surface area contributed by atoms with E-state index in [-0.39, 0.29) is 16.5 Å². The lowest BCUT2D eigenvalue weighted by atomic mass is 9.96. The Kier molecular flexibility index (Phi) is 10.2. The molecule has 0 aliphatic carbocycles. The summed E-state index contributed by atoms with van der Waals surface area (Å²) in [7, 11) is 0. The van der Waals surface area contributed by atoms with Gasteiger partial charge in [-0.25, -0.2) is 19.9 Å². The quantitative estimate of drug-likeness (QED) is 0.307. The second kappa shape index (κ2) is 14.1.